The van der Waals surface area contributed by atoms with Gasteiger partial charge in [0.05, 0.1) is 21.2 Å². The Kier molecular flexibility index (Phi) is 7.61. The zero-order valence-corrected chi connectivity index (χ0v) is 22.6. The highest BCUT2D eigenvalue weighted by molar-refractivity contribution is 6.42. The van der Waals surface area contributed by atoms with Crippen molar-refractivity contribution in [2.75, 3.05) is 45.7 Å². The molecular weight excluding hydrogens is 532 g/mol. The summed E-state index contributed by atoms with van der Waals surface area (Å²) >= 11 is 11.9. The Balaban J connectivity index is 1.46. The number of nitrogens with zero attached hydrogens (tertiary/aromatic N) is 4. The maximum absolute atomic E-state index is 14.8. The van der Waals surface area contributed by atoms with E-state index in [1.54, 1.807) is 6.07 Å². The number of piperidine rings is 2. The Morgan fingerprint density at radius 2 is 2.00 bits per heavy atom. The van der Waals surface area contributed by atoms with Crippen molar-refractivity contribution < 1.29 is 18.7 Å². The summed E-state index contributed by atoms with van der Waals surface area (Å²) in [6.07, 6.45) is 3.70. The second-order valence-electron chi connectivity index (χ2n) is 9.82. The fraction of sp³-hybridized carbons (Fsp3) is 0.370. The van der Waals surface area contributed by atoms with E-state index in [4.69, 9.17) is 32.7 Å². The van der Waals surface area contributed by atoms with E-state index in [1.165, 1.54) is 24.5 Å². The van der Waals surface area contributed by atoms with Gasteiger partial charge in [-0.05, 0) is 44.8 Å². The number of likely N-dealkylation sites (N-methyl/N-ethyl adjacent to an activating group) is 1. The molecule has 38 heavy (non-hydrogen) atoms. The summed E-state index contributed by atoms with van der Waals surface area (Å²) in [6.45, 7) is 6.03. The van der Waals surface area contributed by atoms with E-state index in [1.807, 2.05) is 30.0 Å². The Morgan fingerprint density at radius 1 is 1.24 bits per heavy atom. The summed E-state index contributed by atoms with van der Waals surface area (Å²) in [5.41, 5.74) is 0.736. The number of amides is 1. The highest BCUT2D eigenvalue weighted by Crippen LogP contribution is 2.45. The summed E-state index contributed by atoms with van der Waals surface area (Å²) in [6, 6.07) is 6.64. The van der Waals surface area contributed by atoms with Crippen molar-refractivity contribution in [3.05, 3.63) is 59.1 Å². The van der Waals surface area contributed by atoms with E-state index in [9.17, 15) is 9.18 Å². The zero-order valence-electron chi connectivity index (χ0n) is 21.1. The molecule has 3 aliphatic rings. The minimum Gasteiger partial charge on any atom is -0.488 e. The molecule has 8 nitrogen and oxygen atoms in total. The first-order chi connectivity index (χ1) is 18.2. The average Bonchev–Trinajstić information content (AvgIpc) is 2.91. The molecule has 2 bridgehead atoms. The van der Waals surface area contributed by atoms with Crippen LogP contribution in [0, 0.1) is 17.7 Å². The van der Waals surface area contributed by atoms with E-state index >= 15 is 0 Å². The van der Waals surface area contributed by atoms with Crippen LogP contribution in [0.4, 0.5) is 15.9 Å². The van der Waals surface area contributed by atoms with Crippen molar-refractivity contribution in [3.63, 3.8) is 0 Å². The van der Waals surface area contributed by atoms with E-state index in [0.717, 1.165) is 13.0 Å². The molecule has 3 fully saturated rings. The first-order valence-corrected chi connectivity index (χ1v) is 13.1. The van der Waals surface area contributed by atoms with Crippen LogP contribution in [0.1, 0.15) is 6.42 Å². The van der Waals surface area contributed by atoms with Crippen LogP contribution in [0.15, 0.2) is 43.2 Å². The number of halogens is 3. The third kappa shape index (κ3) is 5.23. The molecule has 2 unspecified atom stereocenters. The van der Waals surface area contributed by atoms with Crippen molar-refractivity contribution in [1.82, 2.24) is 19.8 Å². The van der Waals surface area contributed by atoms with E-state index in [-0.39, 0.29) is 39.6 Å². The van der Waals surface area contributed by atoms with Crippen molar-refractivity contribution in [3.8, 4) is 11.5 Å². The van der Waals surface area contributed by atoms with Gasteiger partial charge in [-0.3, -0.25) is 4.79 Å². The topological polar surface area (TPSA) is 79.8 Å². The molecule has 2 saturated heterocycles. The molecule has 1 aliphatic carbocycles. The molecule has 2 aliphatic heterocycles. The number of carbonyl (C=O) groups is 1. The predicted molar refractivity (Wildman–Crippen MR) is 146 cm³/mol. The minimum absolute atomic E-state index is 0.0499. The van der Waals surface area contributed by atoms with Crippen molar-refractivity contribution >= 4 is 51.5 Å². The van der Waals surface area contributed by atoms with Crippen LogP contribution in [0.3, 0.4) is 0 Å². The Hall–Kier alpha value is -3.14. The second-order valence-corrected chi connectivity index (χ2v) is 10.6. The third-order valence-corrected chi connectivity index (χ3v) is 7.76. The lowest BCUT2D eigenvalue weighted by Crippen LogP contribution is -2.61. The molecule has 0 radical (unpaired) electrons. The Morgan fingerprint density at radius 3 is 2.71 bits per heavy atom. The molecule has 2 atom stereocenters. The van der Waals surface area contributed by atoms with Gasteiger partial charge in [0.2, 0.25) is 5.91 Å². The monoisotopic (exact) mass is 559 g/mol. The first-order valence-electron chi connectivity index (χ1n) is 12.3. The van der Waals surface area contributed by atoms with Gasteiger partial charge in [0, 0.05) is 42.9 Å². The number of fused-ring (bicyclic) bond motifs is 3. The van der Waals surface area contributed by atoms with E-state index in [0.29, 0.717) is 47.9 Å². The minimum atomic E-state index is -0.674. The SMILES string of the molecule is C=CC(=O)N1CC2CC(C1)C2Oc1cc2c(Nc3ccc(Cl)c(Cl)c3F)ncnc2cc1OCCN(C)C. The van der Waals surface area contributed by atoms with E-state index < -0.39 is 5.82 Å². The fourth-order valence-electron chi connectivity index (χ4n) is 4.95. The van der Waals surface area contributed by atoms with Gasteiger partial charge in [-0.2, -0.15) is 0 Å². The predicted octanol–water partition coefficient (Wildman–Crippen LogP) is 5.17. The number of carbonyl (C=O) groups excluding carboxylic acids is 1. The molecule has 1 aromatic heterocycles. The highest BCUT2D eigenvalue weighted by Gasteiger charge is 2.49. The molecule has 1 saturated carbocycles. The van der Waals surface area contributed by atoms with Crippen LogP contribution in [-0.2, 0) is 4.79 Å². The standard InChI is InChI=1S/C27H28Cl2FN5O3/c1-4-23(36)35-12-15-9-16(13-35)26(15)38-22-10-17-20(11-21(22)37-8-7-34(2)3)31-14-32-27(17)33-19-6-5-18(28)24(29)25(19)30/h4-6,10-11,14-16,26H,1,7-9,12-13H2,2-3H3,(H,31,32,33). The smallest absolute Gasteiger partial charge is 0.245 e. The molecule has 3 heterocycles. The number of rotatable bonds is 9. The molecule has 1 N–H and O–H groups in total. The largest absolute Gasteiger partial charge is 0.488 e. The Labute approximate surface area is 230 Å². The summed E-state index contributed by atoms with van der Waals surface area (Å²) in [5.74, 6) is 1.20. The lowest BCUT2D eigenvalue weighted by molar-refractivity contribution is -0.142. The van der Waals surface area contributed by atoms with Crippen LogP contribution in [-0.4, -0.2) is 72.1 Å². The summed E-state index contributed by atoms with van der Waals surface area (Å²) in [4.78, 5) is 24.7. The van der Waals surface area contributed by atoms with Gasteiger partial charge >= 0.3 is 0 Å². The van der Waals surface area contributed by atoms with Crippen molar-refractivity contribution in [1.29, 1.82) is 0 Å². The van der Waals surface area contributed by atoms with Gasteiger partial charge in [-0.25, -0.2) is 14.4 Å². The molecule has 11 heteroatoms. The summed E-state index contributed by atoms with van der Waals surface area (Å²) in [7, 11) is 3.95. The molecule has 200 valence electrons. The molecular formula is C27H28Cl2FN5O3. The molecule has 6 rings (SSSR count). The number of benzene rings is 2. The van der Waals surface area contributed by atoms with Crippen LogP contribution >= 0.6 is 23.2 Å². The lowest BCUT2D eigenvalue weighted by Gasteiger charge is -2.52. The number of hydrogen-bond donors (Lipinski definition) is 1. The maximum atomic E-state index is 14.8. The fourth-order valence-corrected chi connectivity index (χ4v) is 5.26. The van der Waals surface area contributed by atoms with Crippen LogP contribution in [0.25, 0.3) is 10.9 Å². The molecule has 1 amide bonds. The number of aromatic nitrogens is 2. The molecule has 3 aromatic rings. The molecule has 2 aromatic carbocycles. The van der Waals surface area contributed by atoms with Crippen LogP contribution in [0.5, 0.6) is 11.5 Å². The van der Waals surface area contributed by atoms with Gasteiger partial charge in [-0.15, -0.1) is 0 Å². The lowest BCUT2D eigenvalue weighted by atomic mass is 9.68. The maximum Gasteiger partial charge on any atom is 0.245 e. The van der Waals surface area contributed by atoms with E-state index in [2.05, 4.69) is 21.9 Å². The normalized spacial score (nSPS) is 20.3. The first kappa shape index (κ1) is 26.5. The average molecular weight is 560 g/mol. The highest BCUT2D eigenvalue weighted by atomic mass is 35.5. The van der Waals surface area contributed by atoms with Gasteiger partial charge in [0.25, 0.3) is 0 Å². The van der Waals surface area contributed by atoms with Crippen LogP contribution in [0.2, 0.25) is 10.0 Å². The number of nitrogens with one attached hydrogen (secondary N) is 1. The van der Waals surface area contributed by atoms with Gasteiger partial charge in [-0.1, -0.05) is 29.8 Å². The number of anilines is 2. The zero-order chi connectivity index (χ0) is 27.0. The van der Waals surface area contributed by atoms with Gasteiger partial charge in [0.1, 0.15) is 24.9 Å². The second kappa shape index (κ2) is 10.9. The van der Waals surface area contributed by atoms with Crippen LogP contribution < -0.4 is 14.8 Å². The van der Waals surface area contributed by atoms with Gasteiger partial charge < -0.3 is 24.6 Å². The Bertz CT molecular complexity index is 1380. The number of hydrogen-bond acceptors (Lipinski definition) is 7. The summed E-state index contributed by atoms with van der Waals surface area (Å²) < 4.78 is 27.4. The number of ether oxygens (including phenoxy) is 2. The summed E-state index contributed by atoms with van der Waals surface area (Å²) in [5, 5.41) is 3.59. The molecule has 0 spiro atoms. The third-order valence-electron chi connectivity index (χ3n) is 6.98. The van der Waals surface area contributed by atoms with Crippen molar-refractivity contribution in [2.45, 2.75) is 12.5 Å². The van der Waals surface area contributed by atoms with Gasteiger partial charge in [0.15, 0.2) is 17.3 Å². The van der Waals surface area contributed by atoms with Crippen molar-refractivity contribution in [2.24, 2.45) is 11.8 Å². The quantitative estimate of drug-likeness (QED) is 0.286.